The second kappa shape index (κ2) is 4.42. The number of carbonyl (C=O) groups excluding carboxylic acids is 1. The fraction of sp³-hybridized carbons (Fsp3) is 0.667. The molecule has 1 nitrogen and oxygen atoms in total. The molecule has 0 unspecified atom stereocenters. The summed E-state index contributed by atoms with van der Waals surface area (Å²) >= 11 is 16.2. The van der Waals surface area contributed by atoms with Gasteiger partial charge in [0, 0.05) is 6.42 Å². The molecule has 0 saturated heterocycles. The molecule has 0 aromatic carbocycles. The van der Waals surface area contributed by atoms with Crippen molar-refractivity contribution in [3.8, 4) is 0 Å². The van der Waals surface area contributed by atoms with Crippen molar-refractivity contribution in [3.05, 3.63) is 6.42 Å². The summed E-state index contributed by atoms with van der Waals surface area (Å²) < 4.78 is -1.23. The van der Waals surface area contributed by atoms with Gasteiger partial charge in [-0.25, -0.2) is 0 Å². The number of Topliss-reactive ketones (excluding diaryl/α,β-unsaturated/α-hetero) is 1. The second-order valence-electron chi connectivity index (χ2n) is 1.97. The molecule has 0 bridgehead atoms. The maximum Gasteiger partial charge on any atom is 0.190 e. The first-order valence-corrected chi connectivity index (χ1v) is 3.96. The van der Waals surface area contributed by atoms with Gasteiger partial charge in [0.25, 0.3) is 0 Å². The number of rotatable bonds is 3. The zero-order valence-electron chi connectivity index (χ0n) is 5.53. The van der Waals surface area contributed by atoms with E-state index in [2.05, 4.69) is 0 Å². The van der Waals surface area contributed by atoms with Gasteiger partial charge in [-0.05, 0) is 19.8 Å². The predicted octanol–water partition coefficient (Wildman–Crippen LogP) is 2.93. The fourth-order valence-electron chi connectivity index (χ4n) is 0.439. The fourth-order valence-corrected chi connectivity index (χ4v) is 0.766. The van der Waals surface area contributed by atoms with Crippen LogP contribution in [0.1, 0.15) is 19.8 Å². The molecule has 0 aliphatic heterocycles. The molecule has 0 fully saturated rings. The van der Waals surface area contributed by atoms with E-state index < -0.39 is 3.79 Å². The smallest absolute Gasteiger partial charge is 0.190 e. The van der Waals surface area contributed by atoms with E-state index in [1.807, 2.05) is 0 Å². The van der Waals surface area contributed by atoms with Gasteiger partial charge in [-0.3, -0.25) is 4.79 Å². The molecule has 0 N–H and O–H groups in total. The summed E-state index contributed by atoms with van der Waals surface area (Å²) in [6.45, 7) is 1.47. The lowest BCUT2D eigenvalue weighted by Gasteiger charge is -2.07. The first-order chi connectivity index (χ1) is 4.42. The van der Waals surface area contributed by atoms with E-state index in [1.54, 1.807) is 0 Å². The van der Waals surface area contributed by atoms with E-state index in [9.17, 15) is 4.79 Å². The Hall–Kier alpha value is 0.540. The van der Waals surface area contributed by atoms with Gasteiger partial charge >= 0.3 is 0 Å². The van der Waals surface area contributed by atoms with Crippen molar-refractivity contribution in [2.45, 2.75) is 23.6 Å². The Kier molecular flexibility index (Phi) is 4.66. The molecule has 0 spiro atoms. The van der Waals surface area contributed by atoms with Crippen LogP contribution >= 0.6 is 34.8 Å². The van der Waals surface area contributed by atoms with Crippen molar-refractivity contribution in [1.82, 2.24) is 0 Å². The van der Waals surface area contributed by atoms with Gasteiger partial charge in [0.1, 0.15) is 5.78 Å². The molecule has 0 amide bonds. The minimum Gasteiger partial charge on any atom is -0.300 e. The lowest BCUT2D eigenvalue weighted by molar-refractivity contribution is -0.114. The third-order valence-electron chi connectivity index (χ3n) is 0.860. The third-order valence-corrected chi connectivity index (χ3v) is 1.43. The second-order valence-corrected chi connectivity index (χ2v) is 4.48. The van der Waals surface area contributed by atoms with Crippen LogP contribution in [0, 0.1) is 6.42 Å². The molecule has 4 heteroatoms. The van der Waals surface area contributed by atoms with Crippen LogP contribution in [0.3, 0.4) is 0 Å². The van der Waals surface area contributed by atoms with Crippen LogP contribution in [0.5, 0.6) is 0 Å². The van der Waals surface area contributed by atoms with Gasteiger partial charge in [-0.2, -0.15) is 0 Å². The standard InChI is InChI=1S/C6H8Cl3O/c1-5(10)3-2-4-6(7,8)9/h3H,2,4H2,1H3. The zero-order chi connectivity index (χ0) is 8.20. The van der Waals surface area contributed by atoms with E-state index in [4.69, 9.17) is 34.8 Å². The number of hydrogen-bond donors (Lipinski definition) is 0. The minimum absolute atomic E-state index is 0.00856. The first-order valence-electron chi connectivity index (χ1n) is 2.82. The molecule has 1 radical (unpaired) electrons. The van der Waals surface area contributed by atoms with E-state index in [0.29, 0.717) is 12.8 Å². The lowest BCUT2D eigenvalue weighted by atomic mass is 10.2. The quantitative estimate of drug-likeness (QED) is 0.643. The Morgan fingerprint density at radius 1 is 1.50 bits per heavy atom. The molecule has 0 atom stereocenters. The van der Waals surface area contributed by atoms with Crippen molar-refractivity contribution < 1.29 is 4.79 Å². The van der Waals surface area contributed by atoms with Crippen molar-refractivity contribution >= 4 is 40.6 Å². The largest absolute Gasteiger partial charge is 0.300 e. The Labute approximate surface area is 75.6 Å². The Morgan fingerprint density at radius 2 is 2.00 bits per heavy atom. The van der Waals surface area contributed by atoms with Gasteiger partial charge in [0.15, 0.2) is 3.79 Å². The Balaban J connectivity index is 3.29. The highest BCUT2D eigenvalue weighted by Crippen LogP contribution is 2.31. The third kappa shape index (κ3) is 8.54. The SMILES string of the molecule is CC(=O)[CH]CCC(Cl)(Cl)Cl. The van der Waals surface area contributed by atoms with Crippen LogP contribution in [0.15, 0.2) is 0 Å². The number of halogens is 3. The number of ketones is 1. The number of carbonyl (C=O) groups is 1. The molecule has 0 aromatic rings. The number of alkyl halides is 3. The van der Waals surface area contributed by atoms with Crippen molar-refractivity contribution in [3.63, 3.8) is 0 Å². The van der Waals surface area contributed by atoms with Gasteiger partial charge in [-0.15, -0.1) is 0 Å². The van der Waals surface area contributed by atoms with E-state index in [-0.39, 0.29) is 5.78 Å². The monoisotopic (exact) mass is 201 g/mol. The summed E-state index contributed by atoms with van der Waals surface area (Å²) in [6, 6.07) is 0. The molecule has 59 valence electrons. The summed E-state index contributed by atoms with van der Waals surface area (Å²) in [4.78, 5) is 10.3. The Morgan fingerprint density at radius 3 is 2.30 bits per heavy atom. The van der Waals surface area contributed by atoms with Crippen molar-refractivity contribution in [2.75, 3.05) is 0 Å². The average molecular weight is 202 g/mol. The summed E-state index contributed by atoms with van der Waals surface area (Å²) in [5.74, 6) is 0.00856. The van der Waals surface area contributed by atoms with Crippen LogP contribution in [0.2, 0.25) is 0 Å². The molecule has 0 aliphatic rings. The van der Waals surface area contributed by atoms with E-state index in [1.165, 1.54) is 13.3 Å². The summed E-state index contributed by atoms with van der Waals surface area (Å²) in [5, 5.41) is 0. The van der Waals surface area contributed by atoms with E-state index in [0.717, 1.165) is 0 Å². The molecule has 0 aliphatic carbocycles. The average Bonchev–Trinajstić information content (AvgIpc) is 1.59. The highest BCUT2D eigenvalue weighted by molar-refractivity contribution is 6.67. The molecule has 0 aromatic heterocycles. The minimum atomic E-state index is -1.23. The highest BCUT2D eigenvalue weighted by Gasteiger charge is 2.18. The molecule has 0 rings (SSSR count). The Bertz CT molecular complexity index is 117. The summed E-state index contributed by atoms with van der Waals surface area (Å²) in [5.41, 5.74) is 0. The van der Waals surface area contributed by atoms with Gasteiger partial charge < -0.3 is 0 Å². The van der Waals surface area contributed by atoms with Crippen LogP contribution in [-0.2, 0) is 4.79 Å². The zero-order valence-corrected chi connectivity index (χ0v) is 7.80. The van der Waals surface area contributed by atoms with Crippen LogP contribution in [0.4, 0.5) is 0 Å². The topological polar surface area (TPSA) is 17.1 Å². The van der Waals surface area contributed by atoms with Gasteiger partial charge in [0.05, 0.1) is 0 Å². The summed E-state index contributed by atoms with van der Waals surface area (Å²) in [6.07, 6.45) is 2.41. The van der Waals surface area contributed by atoms with Crippen LogP contribution in [0.25, 0.3) is 0 Å². The van der Waals surface area contributed by atoms with Crippen molar-refractivity contribution in [1.29, 1.82) is 0 Å². The molecule has 10 heavy (non-hydrogen) atoms. The maximum absolute atomic E-state index is 10.3. The first kappa shape index (κ1) is 10.5. The summed E-state index contributed by atoms with van der Waals surface area (Å²) in [7, 11) is 0. The highest BCUT2D eigenvalue weighted by atomic mass is 35.6. The van der Waals surface area contributed by atoms with Crippen LogP contribution < -0.4 is 0 Å². The molecular weight excluding hydrogens is 194 g/mol. The van der Waals surface area contributed by atoms with Gasteiger partial charge in [0.2, 0.25) is 0 Å². The normalized spacial score (nSPS) is 11.6. The predicted molar refractivity (Wildman–Crippen MR) is 44.5 cm³/mol. The molecule has 0 saturated carbocycles. The lowest BCUT2D eigenvalue weighted by Crippen LogP contribution is -2.03. The maximum atomic E-state index is 10.3. The van der Waals surface area contributed by atoms with Gasteiger partial charge in [-0.1, -0.05) is 34.8 Å². The molecular formula is C6H8Cl3O. The number of hydrogen-bond acceptors (Lipinski definition) is 1. The van der Waals surface area contributed by atoms with E-state index >= 15 is 0 Å². The van der Waals surface area contributed by atoms with Crippen molar-refractivity contribution in [2.24, 2.45) is 0 Å². The van der Waals surface area contributed by atoms with Crippen LogP contribution in [-0.4, -0.2) is 9.58 Å². The molecule has 0 heterocycles.